The predicted octanol–water partition coefficient (Wildman–Crippen LogP) is 4.05. The third-order valence-electron chi connectivity index (χ3n) is 5.43. The van der Waals surface area contributed by atoms with Crippen molar-refractivity contribution in [2.45, 2.75) is 65.1 Å². The number of rotatable bonds is 7. The molecule has 1 atom stereocenters. The highest BCUT2D eigenvalue weighted by Gasteiger charge is 2.25. The minimum Gasteiger partial charge on any atom is -0.401 e. The van der Waals surface area contributed by atoms with Crippen LogP contribution in [0.5, 0.6) is 0 Å². The van der Waals surface area contributed by atoms with E-state index in [4.69, 9.17) is 10.7 Å². The lowest BCUT2D eigenvalue weighted by Crippen LogP contribution is -2.25. The zero-order valence-corrected chi connectivity index (χ0v) is 19.6. The zero-order valence-electron chi connectivity index (χ0n) is 17.9. The highest BCUT2D eigenvalue weighted by atomic mass is 32.2. The van der Waals surface area contributed by atoms with Crippen LogP contribution in [-0.4, -0.2) is 21.1 Å². The fraction of sp³-hybridized carbons (Fsp3) is 0.545. The summed E-state index contributed by atoms with van der Waals surface area (Å²) in [7, 11) is 0. The molecule has 1 aliphatic rings. The molecule has 0 bridgehead atoms. The molecule has 2 N–H and O–H groups in total. The summed E-state index contributed by atoms with van der Waals surface area (Å²) in [6, 6.07) is 1.88. The Labute approximate surface area is 185 Å². The number of Topliss-reactive ketones (excluding diaryl/α,β-unsaturated/α-hetero) is 1. The molecular formula is C22H28N4O2S2. The first-order valence-corrected chi connectivity index (χ1v) is 12.1. The Morgan fingerprint density at radius 3 is 2.83 bits per heavy atom. The Balaban J connectivity index is 2.03. The molecular weight excluding hydrogens is 416 g/mol. The maximum atomic E-state index is 13.5. The van der Waals surface area contributed by atoms with Crippen molar-refractivity contribution in [3.63, 3.8) is 0 Å². The van der Waals surface area contributed by atoms with Gasteiger partial charge in [0, 0.05) is 17.1 Å². The van der Waals surface area contributed by atoms with Crippen LogP contribution in [0.3, 0.4) is 0 Å². The molecule has 0 radical (unpaired) electrons. The molecule has 1 unspecified atom stereocenters. The minimum atomic E-state index is -0.341. The van der Waals surface area contributed by atoms with E-state index >= 15 is 0 Å². The van der Waals surface area contributed by atoms with E-state index in [1.54, 1.807) is 22.8 Å². The lowest BCUT2D eigenvalue weighted by atomic mass is 9.89. The standard InChI is InChI=1S/C22H28N4O2S2/c1-12(2)7-8-26-21(28)19-15-6-5-13(3)9-18(15)30-20(19)25-22(26)29-11-17(27)16(10-23)14(4)24/h12-13H,5-9,11,24H2,1-4H3/b16-14+. The molecule has 3 rings (SSSR count). The number of ketones is 1. The molecule has 2 heterocycles. The molecule has 160 valence electrons. The van der Waals surface area contributed by atoms with Crippen molar-refractivity contribution in [3.8, 4) is 6.07 Å². The summed E-state index contributed by atoms with van der Waals surface area (Å²) in [6.45, 7) is 8.59. The molecule has 30 heavy (non-hydrogen) atoms. The first-order chi connectivity index (χ1) is 14.2. The summed E-state index contributed by atoms with van der Waals surface area (Å²) in [6.07, 6.45) is 3.86. The lowest BCUT2D eigenvalue weighted by Gasteiger charge is -2.18. The van der Waals surface area contributed by atoms with Crippen molar-refractivity contribution in [2.24, 2.45) is 17.6 Å². The fourth-order valence-electron chi connectivity index (χ4n) is 3.67. The van der Waals surface area contributed by atoms with Gasteiger partial charge in [-0.2, -0.15) is 5.26 Å². The summed E-state index contributed by atoms with van der Waals surface area (Å²) < 4.78 is 1.72. The van der Waals surface area contributed by atoms with Crippen molar-refractivity contribution < 1.29 is 4.79 Å². The Kier molecular flexibility index (Phi) is 7.04. The van der Waals surface area contributed by atoms with E-state index in [2.05, 4.69) is 20.8 Å². The second kappa shape index (κ2) is 9.36. The number of thiophene rings is 1. The largest absolute Gasteiger partial charge is 0.401 e. The van der Waals surface area contributed by atoms with Crippen LogP contribution >= 0.6 is 23.1 Å². The summed E-state index contributed by atoms with van der Waals surface area (Å²) >= 11 is 2.82. The van der Waals surface area contributed by atoms with Crippen molar-refractivity contribution in [1.82, 2.24) is 9.55 Å². The molecule has 0 aliphatic heterocycles. The number of thioether (sulfide) groups is 1. The molecule has 0 aromatic carbocycles. The van der Waals surface area contributed by atoms with E-state index in [0.29, 0.717) is 23.5 Å². The van der Waals surface area contributed by atoms with Crippen LogP contribution in [0.1, 0.15) is 51.0 Å². The number of carbonyl (C=O) groups excluding carboxylic acids is 1. The number of aromatic nitrogens is 2. The van der Waals surface area contributed by atoms with Crippen LogP contribution < -0.4 is 11.3 Å². The number of nitrogens with two attached hydrogens (primary N) is 1. The second-order valence-corrected chi connectivity index (χ2v) is 10.5. The van der Waals surface area contributed by atoms with E-state index in [1.165, 1.54) is 22.2 Å². The maximum absolute atomic E-state index is 13.5. The van der Waals surface area contributed by atoms with Crippen LogP contribution in [0, 0.1) is 23.2 Å². The molecule has 1 aliphatic carbocycles. The van der Waals surface area contributed by atoms with Gasteiger partial charge in [0.1, 0.15) is 16.5 Å². The number of carbonyl (C=O) groups is 1. The summed E-state index contributed by atoms with van der Waals surface area (Å²) in [4.78, 5) is 32.7. The molecule has 2 aromatic rings. The van der Waals surface area contributed by atoms with Crippen molar-refractivity contribution in [1.29, 1.82) is 5.26 Å². The third kappa shape index (κ3) is 4.62. The van der Waals surface area contributed by atoms with Gasteiger partial charge in [-0.3, -0.25) is 14.2 Å². The number of nitrogens with zero attached hydrogens (tertiary/aromatic N) is 3. The highest BCUT2D eigenvalue weighted by molar-refractivity contribution is 7.99. The van der Waals surface area contributed by atoms with Crippen molar-refractivity contribution in [2.75, 3.05) is 5.75 Å². The Morgan fingerprint density at radius 2 is 2.20 bits per heavy atom. The molecule has 0 amide bonds. The van der Waals surface area contributed by atoms with Gasteiger partial charge in [0.2, 0.25) is 0 Å². The van der Waals surface area contributed by atoms with Crippen LogP contribution in [-0.2, 0) is 24.2 Å². The monoisotopic (exact) mass is 444 g/mol. The predicted molar refractivity (Wildman–Crippen MR) is 123 cm³/mol. The lowest BCUT2D eigenvalue weighted by molar-refractivity contribution is -0.112. The van der Waals surface area contributed by atoms with Crippen LogP contribution in [0.4, 0.5) is 0 Å². The third-order valence-corrected chi connectivity index (χ3v) is 7.55. The molecule has 0 saturated carbocycles. The van der Waals surface area contributed by atoms with Gasteiger partial charge < -0.3 is 5.73 Å². The van der Waals surface area contributed by atoms with Gasteiger partial charge in [-0.15, -0.1) is 11.3 Å². The van der Waals surface area contributed by atoms with E-state index in [9.17, 15) is 14.9 Å². The zero-order chi connectivity index (χ0) is 22.0. The van der Waals surface area contributed by atoms with Gasteiger partial charge >= 0.3 is 0 Å². The van der Waals surface area contributed by atoms with Crippen molar-refractivity contribution in [3.05, 3.63) is 32.1 Å². The van der Waals surface area contributed by atoms with Crippen molar-refractivity contribution >= 4 is 39.1 Å². The topological polar surface area (TPSA) is 102 Å². The Morgan fingerprint density at radius 1 is 1.47 bits per heavy atom. The van der Waals surface area contributed by atoms with Gasteiger partial charge in [-0.1, -0.05) is 32.5 Å². The van der Waals surface area contributed by atoms with Gasteiger partial charge in [-0.25, -0.2) is 4.98 Å². The Bertz CT molecular complexity index is 1100. The van der Waals surface area contributed by atoms with E-state index in [0.717, 1.165) is 35.9 Å². The van der Waals surface area contributed by atoms with Gasteiger partial charge in [0.05, 0.1) is 11.1 Å². The quantitative estimate of drug-likeness (QED) is 0.299. The van der Waals surface area contributed by atoms with E-state index in [1.807, 2.05) is 6.07 Å². The molecule has 0 saturated heterocycles. The van der Waals surface area contributed by atoms with E-state index in [-0.39, 0.29) is 28.4 Å². The average molecular weight is 445 g/mol. The number of hydrogen-bond acceptors (Lipinski definition) is 7. The summed E-state index contributed by atoms with van der Waals surface area (Å²) in [5, 5.41) is 10.5. The smallest absolute Gasteiger partial charge is 0.263 e. The number of fused-ring (bicyclic) bond motifs is 3. The molecule has 8 heteroatoms. The second-order valence-electron chi connectivity index (χ2n) is 8.45. The molecule has 0 spiro atoms. The van der Waals surface area contributed by atoms with Gasteiger partial charge in [0.15, 0.2) is 10.9 Å². The average Bonchev–Trinajstić information content (AvgIpc) is 3.03. The first-order valence-electron chi connectivity index (χ1n) is 10.3. The summed E-state index contributed by atoms with van der Waals surface area (Å²) in [5.74, 6) is 0.749. The molecule has 2 aromatic heterocycles. The van der Waals surface area contributed by atoms with Crippen LogP contribution in [0.2, 0.25) is 0 Å². The summed E-state index contributed by atoms with van der Waals surface area (Å²) in [5.41, 5.74) is 7.00. The number of nitriles is 1. The number of hydrogen-bond donors (Lipinski definition) is 1. The van der Waals surface area contributed by atoms with Crippen LogP contribution in [0.25, 0.3) is 10.2 Å². The number of aryl methyl sites for hydroxylation is 1. The first kappa shape index (κ1) is 22.6. The van der Waals surface area contributed by atoms with Gasteiger partial charge in [-0.05, 0) is 50.0 Å². The number of allylic oxidation sites excluding steroid dienone is 2. The molecule has 0 fully saturated rings. The van der Waals surface area contributed by atoms with E-state index < -0.39 is 0 Å². The highest BCUT2D eigenvalue weighted by Crippen LogP contribution is 2.36. The normalized spacial score (nSPS) is 17.0. The maximum Gasteiger partial charge on any atom is 0.263 e. The Hall–Kier alpha value is -2.11. The van der Waals surface area contributed by atoms with Gasteiger partial charge in [0.25, 0.3) is 5.56 Å². The molecule has 6 nitrogen and oxygen atoms in total. The van der Waals surface area contributed by atoms with Crippen LogP contribution in [0.15, 0.2) is 21.2 Å². The SMILES string of the molecule is C/C(N)=C(/C#N)C(=O)CSc1nc2sc3c(c2c(=O)n1CCC(C)C)CCC(C)C3. The fourth-order valence-corrected chi connectivity index (χ4v) is 5.99. The minimum absolute atomic E-state index is 0.00583.